The second kappa shape index (κ2) is 5.50. The van der Waals surface area contributed by atoms with Crippen molar-refractivity contribution in [3.8, 4) is 0 Å². The van der Waals surface area contributed by atoms with Crippen LogP contribution in [0.5, 0.6) is 0 Å². The van der Waals surface area contributed by atoms with Crippen LogP contribution in [0.1, 0.15) is 30.2 Å². The van der Waals surface area contributed by atoms with Gasteiger partial charge in [0.25, 0.3) is 0 Å². The molecular formula is C14H18N4O. The molecule has 0 spiro atoms. The van der Waals surface area contributed by atoms with Crippen LogP contribution in [0.25, 0.3) is 0 Å². The third-order valence-electron chi connectivity index (χ3n) is 3.37. The number of nitrogens with zero attached hydrogens (tertiary/aromatic N) is 3. The summed E-state index contributed by atoms with van der Waals surface area (Å²) >= 11 is 0. The van der Waals surface area contributed by atoms with E-state index in [0.717, 1.165) is 30.3 Å². The molecule has 1 atom stereocenters. The zero-order valence-corrected chi connectivity index (χ0v) is 11.0. The Bertz CT molecular complexity index is 538. The first-order valence-corrected chi connectivity index (χ1v) is 6.60. The summed E-state index contributed by atoms with van der Waals surface area (Å²) in [5.41, 5.74) is 2.09. The summed E-state index contributed by atoms with van der Waals surface area (Å²) in [5, 5.41) is 3.40. The minimum Gasteiger partial charge on any atom is -0.369 e. The van der Waals surface area contributed by atoms with Crippen molar-refractivity contribution in [3.63, 3.8) is 0 Å². The first kappa shape index (κ1) is 12.3. The van der Waals surface area contributed by atoms with E-state index >= 15 is 0 Å². The molecule has 0 saturated carbocycles. The minimum atomic E-state index is 0.318. The van der Waals surface area contributed by atoms with Gasteiger partial charge in [0.15, 0.2) is 0 Å². The lowest BCUT2D eigenvalue weighted by atomic mass is 10.2. The van der Waals surface area contributed by atoms with Gasteiger partial charge in [-0.1, -0.05) is 6.07 Å². The second-order valence-electron chi connectivity index (χ2n) is 4.75. The lowest BCUT2D eigenvalue weighted by molar-refractivity contribution is 0.0989. The molecule has 5 nitrogen and oxygen atoms in total. The fraction of sp³-hybridized carbons (Fsp3) is 0.429. The van der Waals surface area contributed by atoms with Crippen LogP contribution in [0.4, 0.5) is 0 Å². The van der Waals surface area contributed by atoms with E-state index in [2.05, 4.69) is 26.8 Å². The van der Waals surface area contributed by atoms with Crippen LogP contribution in [0.3, 0.4) is 0 Å². The largest absolute Gasteiger partial charge is 0.369 e. The molecule has 0 saturated heterocycles. The standard InChI is InChI=1S/C14H18N4O/c1-11-14-17-8-13(18(14)7-6-15-11)10-19-9-12-4-2-3-5-16-12/h2-5,8,11,15H,6-7,9-10H2,1H3/t11-/m1/s1. The molecule has 5 heteroatoms. The molecule has 0 aromatic carbocycles. The van der Waals surface area contributed by atoms with Gasteiger partial charge in [-0.05, 0) is 19.1 Å². The highest BCUT2D eigenvalue weighted by molar-refractivity contribution is 5.10. The Hall–Kier alpha value is -1.72. The highest BCUT2D eigenvalue weighted by atomic mass is 16.5. The molecular weight excluding hydrogens is 240 g/mol. The second-order valence-corrected chi connectivity index (χ2v) is 4.75. The van der Waals surface area contributed by atoms with Gasteiger partial charge < -0.3 is 14.6 Å². The molecule has 3 heterocycles. The summed E-state index contributed by atoms with van der Waals surface area (Å²) in [7, 11) is 0. The molecule has 0 aliphatic carbocycles. The first-order chi connectivity index (χ1) is 9.34. The summed E-state index contributed by atoms with van der Waals surface area (Å²) in [6.07, 6.45) is 3.70. The van der Waals surface area contributed by atoms with Crippen LogP contribution in [0.15, 0.2) is 30.6 Å². The van der Waals surface area contributed by atoms with E-state index in [-0.39, 0.29) is 0 Å². The number of hydrogen-bond donors (Lipinski definition) is 1. The van der Waals surface area contributed by atoms with Gasteiger partial charge in [-0.2, -0.15) is 0 Å². The van der Waals surface area contributed by atoms with Crippen molar-refractivity contribution in [1.82, 2.24) is 19.9 Å². The third kappa shape index (κ3) is 2.67. The van der Waals surface area contributed by atoms with Gasteiger partial charge in [-0.15, -0.1) is 0 Å². The van der Waals surface area contributed by atoms with Gasteiger partial charge in [0.2, 0.25) is 0 Å². The maximum absolute atomic E-state index is 5.72. The van der Waals surface area contributed by atoms with Crippen molar-refractivity contribution in [2.75, 3.05) is 6.54 Å². The van der Waals surface area contributed by atoms with E-state index in [1.807, 2.05) is 24.4 Å². The molecule has 2 aromatic heterocycles. The smallest absolute Gasteiger partial charge is 0.125 e. The van der Waals surface area contributed by atoms with Crippen molar-refractivity contribution in [3.05, 3.63) is 47.8 Å². The van der Waals surface area contributed by atoms with E-state index in [1.165, 1.54) is 0 Å². The molecule has 2 aromatic rings. The number of ether oxygens (including phenoxy) is 1. The van der Waals surface area contributed by atoms with Crippen molar-refractivity contribution in [2.24, 2.45) is 0 Å². The van der Waals surface area contributed by atoms with Gasteiger partial charge in [-0.25, -0.2) is 4.98 Å². The molecule has 0 unspecified atom stereocenters. The van der Waals surface area contributed by atoms with E-state index in [9.17, 15) is 0 Å². The zero-order valence-electron chi connectivity index (χ0n) is 11.0. The fourth-order valence-corrected chi connectivity index (χ4v) is 2.37. The zero-order chi connectivity index (χ0) is 13.1. The molecule has 0 radical (unpaired) electrons. The highest BCUT2D eigenvalue weighted by Gasteiger charge is 2.19. The molecule has 0 bridgehead atoms. The lowest BCUT2D eigenvalue weighted by Crippen LogP contribution is -2.32. The summed E-state index contributed by atoms with van der Waals surface area (Å²) < 4.78 is 7.97. The fourth-order valence-electron chi connectivity index (χ4n) is 2.37. The Kier molecular flexibility index (Phi) is 3.57. The van der Waals surface area contributed by atoms with Crippen LogP contribution in [0.2, 0.25) is 0 Å². The predicted octanol–water partition coefficient (Wildman–Crippen LogP) is 1.66. The van der Waals surface area contributed by atoms with Gasteiger partial charge in [0.1, 0.15) is 5.82 Å². The number of pyridine rings is 1. The maximum Gasteiger partial charge on any atom is 0.125 e. The molecule has 1 aliphatic heterocycles. The molecule has 100 valence electrons. The summed E-state index contributed by atoms with van der Waals surface area (Å²) in [6, 6.07) is 6.17. The molecule has 0 amide bonds. The molecule has 1 aliphatic rings. The van der Waals surface area contributed by atoms with Crippen LogP contribution in [-0.2, 0) is 24.5 Å². The van der Waals surface area contributed by atoms with Crippen molar-refractivity contribution >= 4 is 0 Å². The van der Waals surface area contributed by atoms with Crippen LogP contribution in [0, 0.1) is 0 Å². The van der Waals surface area contributed by atoms with Gasteiger partial charge in [0, 0.05) is 19.3 Å². The monoisotopic (exact) mass is 258 g/mol. The molecule has 3 rings (SSSR count). The average Bonchev–Trinajstić information content (AvgIpc) is 2.85. The first-order valence-electron chi connectivity index (χ1n) is 6.60. The molecule has 1 N–H and O–H groups in total. The quantitative estimate of drug-likeness (QED) is 0.906. The topological polar surface area (TPSA) is 52.0 Å². The Morgan fingerprint density at radius 3 is 3.16 bits per heavy atom. The Balaban J connectivity index is 1.62. The number of nitrogens with one attached hydrogen (secondary N) is 1. The number of imidazole rings is 1. The minimum absolute atomic E-state index is 0.318. The van der Waals surface area contributed by atoms with E-state index < -0.39 is 0 Å². The van der Waals surface area contributed by atoms with E-state index in [1.54, 1.807) is 6.20 Å². The lowest BCUT2D eigenvalue weighted by Gasteiger charge is -2.23. The van der Waals surface area contributed by atoms with Crippen LogP contribution in [-0.4, -0.2) is 21.1 Å². The average molecular weight is 258 g/mol. The van der Waals surface area contributed by atoms with Crippen molar-refractivity contribution < 1.29 is 4.74 Å². The Morgan fingerprint density at radius 2 is 2.32 bits per heavy atom. The van der Waals surface area contributed by atoms with Gasteiger partial charge >= 0.3 is 0 Å². The van der Waals surface area contributed by atoms with Crippen molar-refractivity contribution in [1.29, 1.82) is 0 Å². The number of aromatic nitrogens is 3. The third-order valence-corrected chi connectivity index (χ3v) is 3.37. The molecule has 19 heavy (non-hydrogen) atoms. The Morgan fingerprint density at radius 1 is 1.37 bits per heavy atom. The van der Waals surface area contributed by atoms with Gasteiger partial charge in [0.05, 0.1) is 36.8 Å². The summed E-state index contributed by atoms with van der Waals surface area (Å²) in [6.45, 7) is 5.20. The van der Waals surface area contributed by atoms with E-state index in [0.29, 0.717) is 19.3 Å². The van der Waals surface area contributed by atoms with Crippen molar-refractivity contribution in [2.45, 2.75) is 32.7 Å². The summed E-state index contributed by atoms with van der Waals surface area (Å²) in [4.78, 5) is 8.71. The van der Waals surface area contributed by atoms with Gasteiger partial charge in [-0.3, -0.25) is 4.98 Å². The summed E-state index contributed by atoms with van der Waals surface area (Å²) in [5.74, 6) is 1.10. The van der Waals surface area contributed by atoms with Crippen LogP contribution < -0.4 is 5.32 Å². The van der Waals surface area contributed by atoms with E-state index in [4.69, 9.17) is 4.74 Å². The Labute approximate surface area is 112 Å². The number of fused-ring (bicyclic) bond motifs is 1. The normalized spacial score (nSPS) is 18.3. The SMILES string of the molecule is C[C@H]1NCCn2c(COCc3ccccn3)cnc21. The number of rotatable bonds is 4. The maximum atomic E-state index is 5.72. The number of hydrogen-bond acceptors (Lipinski definition) is 4. The van der Waals surface area contributed by atoms with Crippen LogP contribution >= 0.6 is 0 Å². The highest BCUT2D eigenvalue weighted by Crippen LogP contribution is 2.18. The predicted molar refractivity (Wildman–Crippen MR) is 71.4 cm³/mol. The molecule has 0 fully saturated rings.